The second-order valence-corrected chi connectivity index (χ2v) is 8.79. The third kappa shape index (κ3) is 4.17. The van der Waals surface area contributed by atoms with Crippen LogP contribution in [0.4, 0.5) is 0 Å². The Kier molecular flexibility index (Phi) is 6.01. The zero-order chi connectivity index (χ0) is 21.1. The van der Waals surface area contributed by atoms with E-state index >= 15 is 0 Å². The van der Waals surface area contributed by atoms with E-state index in [1.54, 1.807) is 28.8 Å². The molecule has 4 aromatic rings. The normalized spacial score (nSPS) is 11.0. The number of ether oxygens (including phenoxy) is 1. The number of aryl methyl sites for hydroxylation is 1. The summed E-state index contributed by atoms with van der Waals surface area (Å²) in [5, 5.41) is 1.11. The van der Waals surface area contributed by atoms with Gasteiger partial charge in [0.15, 0.2) is 10.9 Å². The molecule has 0 aliphatic heterocycles. The molecule has 0 saturated carbocycles. The number of thioether (sulfide) groups is 1. The summed E-state index contributed by atoms with van der Waals surface area (Å²) >= 11 is 2.76. The van der Waals surface area contributed by atoms with Crippen molar-refractivity contribution >= 4 is 39.1 Å². The number of benzene rings is 2. The predicted octanol–water partition coefficient (Wildman–Crippen LogP) is 5.13. The Morgan fingerprint density at radius 3 is 2.57 bits per heavy atom. The van der Waals surface area contributed by atoms with Gasteiger partial charge in [0.05, 0.1) is 23.4 Å². The maximum atomic E-state index is 13.2. The van der Waals surface area contributed by atoms with Gasteiger partial charge in [-0.1, -0.05) is 30.0 Å². The molecule has 0 saturated heterocycles. The molecule has 152 valence electrons. The fraction of sp³-hybridized carbons (Fsp3) is 0.174. The van der Waals surface area contributed by atoms with Crippen LogP contribution in [0, 0.1) is 6.92 Å². The quantitative estimate of drug-likeness (QED) is 0.228. The Morgan fingerprint density at radius 2 is 1.87 bits per heavy atom. The van der Waals surface area contributed by atoms with Gasteiger partial charge in [-0.2, -0.15) is 0 Å². The number of hydrogen-bond donors (Lipinski definition) is 0. The van der Waals surface area contributed by atoms with Crippen molar-refractivity contribution in [1.29, 1.82) is 0 Å². The molecule has 0 aliphatic rings. The molecule has 2 aromatic carbocycles. The van der Waals surface area contributed by atoms with E-state index in [0.717, 1.165) is 16.3 Å². The number of carbonyl (C=O) groups is 1. The van der Waals surface area contributed by atoms with Gasteiger partial charge in [0.25, 0.3) is 5.56 Å². The average molecular weight is 437 g/mol. The second-order valence-electron chi connectivity index (χ2n) is 6.62. The standard InChI is InChI=1S/C23H20N2O3S2/c1-3-28-18-11-9-16(10-12-18)20(26)14-29-23-24-21-19(13-15(2)30-21)22(27)25(23)17-7-5-4-6-8-17/h4-13H,3,14H2,1-2H3. The van der Waals surface area contributed by atoms with Gasteiger partial charge in [-0.05, 0) is 56.3 Å². The first-order valence-corrected chi connectivity index (χ1v) is 11.3. The molecule has 7 heteroatoms. The van der Waals surface area contributed by atoms with Crippen molar-refractivity contribution in [3.8, 4) is 11.4 Å². The van der Waals surface area contributed by atoms with Crippen LogP contribution >= 0.6 is 23.1 Å². The van der Waals surface area contributed by atoms with Gasteiger partial charge in [-0.15, -0.1) is 11.3 Å². The lowest BCUT2D eigenvalue weighted by Gasteiger charge is -2.12. The maximum absolute atomic E-state index is 13.2. The van der Waals surface area contributed by atoms with Gasteiger partial charge in [-0.25, -0.2) is 4.98 Å². The molecule has 0 spiro atoms. The van der Waals surface area contributed by atoms with E-state index in [1.165, 1.54) is 23.1 Å². The third-order valence-electron chi connectivity index (χ3n) is 4.49. The molecule has 5 nitrogen and oxygen atoms in total. The first kappa shape index (κ1) is 20.4. The molecule has 2 aromatic heterocycles. The van der Waals surface area contributed by atoms with E-state index in [4.69, 9.17) is 9.72 Å². The summed E-state index contributed by atoms with van der Waals surface area (Å²) in [5.41, 5.74) is 1.22. The number of hydrogen-bond acceptors (Lipinski definition) is 6. The summed E-state index contributed by atoms with van der Waals surface area (Å²) in [4.78, 5) is 32.3. The number of ketones is 1. The summed E-state index contributed by atoms with van der Waals surface area (Å²) in [6, 6.07) is 18.4. The maximum Gasteiger partial charge on any atom is 0.267 e. The van der Waals surface area contributed by atoms with E-state index in [0.29, 0.717) is 27.5 Å². The van der Waals surface area contributed by atoms with Crippen LogP contribution in [0.15, 0.2) is 70.6 Å². The molecule has 30 heavy (non-hydrogen) atoms. The van der Waals surface area contributed by atoms with Crippen LogP contribution in [0.5, 0.6) is 5.75 Å². The molecule has 0 unspecified atom stereocenters. The summed E-state index contributed by atoms with van der Waals surface area (Å²) in [6.07, 6.45) is 0. The Morgan fingerprint density at radius 1 is 1.13 bits per heavy atom. The van der Waals surface area contributed by atoms with Gasteiger partial charge in [0.2, 0.25) is 0 Å². The molecule has 0 amide bonds. The van der Waals surface area contributed by atoms with Crippen molar-refractivity contribution in [2.45, 2.75) is 19.0 Å². The van der Waals surface area contributed by atoms with Crippen LogP contribution in [-0.4, -0.2) is 27.7 Å². The van der Waals surface area contributed by atoms with E-state index < -0.39 is 0 Å². The molecular formula is C23H20N2O3S2. The summed E-state index contributed by atoms with van der Waals surface area (Å²) in [7, 11) is 0. The molecule has 4 rings (SSSR count). The van der Waals surface area contributed by atoms with Gasteiger partial charge in [0, 0.05) is 10.4 Å². The second kappa shape index (κ2) is 8.85. The highest BCUT2D eigenvalue weighted by atomic mass is 32.2. The molecule has 0 N–H and O–H groups in total. The summed E-state index contributed by atoms with van der Waals surface area (Å²) in [6.45, 7) is 4.46. The van der Waals surface area contributed by atoms with E-state index in [1.807, 2.05) is 50.2 Å². The van der Waals surface area contributed by atoms with E-state index in [9.17, 15) is 9.59 Å². The minimum Gasteiger partial charge on any atom is -0.494 e. The SMILES string of the molecule is CCOc1ccc(C(=O)CSc2nc3sc(C)cc3c(=O)n2-c2ccccc2)cc1. The molecular weight excluding hydrogens is 416 g/mol. The molecule has 2 heterocycles. The Bertz CT molecular complexity index is 1250. The number of rotatable bonds is 7. The first-order valence-electron chi connectivity index (χ1n) is 9.54. The molecule has 0 fully saturated rings. The highest BCUT2D eigenvalue weighted by molar-refractivity contribution is 7.99. The number of thiophene rings is 1. The topological polar surface area (TPSA) is 61.2 Å². The Labute approximate surface area is 182 Å². The van der Waals surface area contributed by atoms with Crippen LogP contribution in [0.25, 0.3) is 15.9 Å². The number of fused-ring (bicyclic) bond motifs is 1. The minimum absolute atomic E-state index is 0.0284. The van der Waals surface area contributed by atoms with E-state index in [2.05, 4.69) is 0 Å². The van der Waals surface area contributed by atoms with Crippen molar-refractivity contribution in [3.63, 3.8) is 0 Å². The van der Waals surface area contributed by atoms with Crippen molar-refractivity contribution < 1.29 is 9.53 Å². The molecule has 0 aliphatic carbocycles. The Balaban J connectivity index is 1.66. The fourth-order valence-corrected chi connectivity index (χ4v) is 4.93. The van der Waals surface area contributed by atoms with Crippen molar-refractivity contribution in [3.05, 3.63) is 81.5 Å². The zero-order valence-corrected chi connectivity index (χ0v) is 18.3. The minimum atomic E-state index is -0.119. The lowest BCUT2D eigenvalue weighted by Crippen LogP contribution is -2.21. The van der Waals surface area contributed by atoms with Crippen LogP contribution in [0.1, 0.15) is 22.2 Å². The zero-order valence-electron chi connectivity index (χ0n) is 16.6. The lowest BCUT2D eigenvalue weighted by molar-refractivity contribution is 0.102. The van der Waals surface area contributed by atoms with Crippen LogP contribution in [0.3, 0.4) is 0 Å². The van der Waals surface area contributed by atoms with Crippen LogP contribution in [-0.2, 0) is 0 Å². The third-order valence-corrected chi connectivity index (χ3v) is 6.37. The number of nitrogens with zero attached hydrogens (tertiary/aromatic N) is 2. The van der Waals surface area contributed by atoms with E-state index in [-0.39, 0.29) is 17.1 Å². The molecule has 0 radical (unpaired) electrons. The van der Waals surface area contributed by atoms with Gasteiger partial charge in [0.1, 0.15) is 10.6 Å². The lowest BCUT2D eigenvalue weighted by atomic mass is 10.1. The number of aromatic nitrogens is 2. The highest BCUT2D eigenvalue weighted by Gasteiger charge is 2.17. The number of para-hydroxylation sites is 1. The summed E-state index contributed by atoms with van der Waals surface area (Å²) < 4.78 is 7.02. The largest absolute Gasteiger partial charge is 0.494 e. The van der Waals surface area contributed by atoms with Gasteiger partial charge < -0.3 is 4.74 Å². The molecule has 0 atom stereocenters. The monoisotopic (exact) mass is 436 g/mol. The van der Waals surface area contributed by atoms with Gasteiger partial charge >= 0.3 is 0 Å². The predicted molar refractivity (Wildman–Crippen MR) is 123 cm³/mol. The smallest absolute Gasteiger partial charge is 0.267 e. The average Bonchev–Trinajstić information content (AvgIpc) is 3.14. The fourth-order valence-electron chi connectivity index (χ4n) is 3.10. The van der Waals surface area contributed by atoms with Gasteiger partial charge in [-0.3, -0.25) is 14.2 Å². The van der Waals surface area contributed by atoms with Crippen molar-refractivity contribution in [1.82, 2.24) is 9.55 Å². The van der Waals surface area contributed by atoms with Crippen molar-refractivity contribution in [2.24, 2.45) is 0 Å². The number of carbonyl (C=O) groups excluding carboxylic acids is 1. The number of Topliss-reactive ketones (excluding diaryl/α,β-unsaturated/α-hetero) is 1. The Hall–Kier alpha value is -2.90. The van der Waals surface area contributed by atoms with Crippen LogP contribution < -0.4 is 10.3 Å². The molecule has 0 bridgehead atoms. The van der Waals surface area contributed by atoms with Crippen molar-refractivity contribution in [2.75, 3.05) is 12.4 Å². The highest BCUT2D eigenvalue weighted by Crippen LogP contribution is 2.26. The summed E-state index contributed by atoms with van der Waals surface area (Å²) in [5.74, 6) is 0.891. The van der Waals surface area contributed by atoms with Crippen LogP contribution in [0.2, 0.25) is 0 Å². The first-order chi connectivity index (χ1) is 14.6.